The Kier molecular flexibility index (Phi) is 10.8. The summed E-state index contributed by atoms with van der Waals surface area (Å²) in [5.74, 6) is 0.528. The van der Waals surface area contributed by atoms with Crippen molar-refractivity contribution in [3.63, 3.8) is 0 Å². The minimum atomic E-state index is 0.528. The monoisotopic (exact) mass is 437 g/mol. The van der Waals surface area contributed by atoms with Gasteiger partial charge in [-0.05, 0) is 77.2 Å². The number of aromatic nitrogens is 1. The molecule has 0 saturated heterocycles. The molecule has 1 aliphatic rings. The highest BCUT2D eigenvalue weighted by atomic mass is 15.1. The average Bonchev–Trinajstić information content (AvgIpc) is 2.85. The van der Waals surface area contributed by atoms with Crippen LogP contribution in [0.25, 0.3) is 5.57 Å². The SMILES string of the molecule is C=C(CC)/C(C)=N\c1c(C2=C/CNCCC(N(C)CCCC)CC/C=C\2)cnc(N)c1C. The predicted octanol–water partition coefficient (Wildman–Crippen LogP) is 5.84. The first kappa shape index (κ1) is 26.0. The van der Waals surface area contributed by atoms with Crippen LogP contribution in [0.3, 0.4) is 0 Å². The highest BCUT2D eigenvalue weighted by molar-refractivity contribution is 6.00. The molecule has 1 aromatic rings. The highest BCUT2D eigenvalue weighted by Crippen LogP contribution is 2.33. The largest absolute Gasteiger partial charge is 0.383 e. The van der Waals surface area contributed by atoms with E-state index in [0.29, 0.717) is 11.9 Å². The van der Waals surface area contributed by atoms with Gasteiger partial charge in [-0.1, -0.05) is 45.1 Å². The normalized spacial score (nSPS) is 21.0. The van der Waals surface area contributed by atoms with Crippen LogP contribution < -0.4 is 11.1 Å². The summed E-state index contributed by atoms with van der Waals surface area (Å²) >= 11 is 0. The lowest BCUT2D eigenvalue weighted by Crippen LogP contribution is -2.35. The van der Waals surface area contributed by atoms with Gasteiger partial charge in [-0.2, -0.15) is 0 Å². The zero-order chi connectivity index (χ0) is 23.5. The van der Waals surface area contributed by atoms with E-state index in [4.69, 9.17) is 10.7 Å². The second-order valence-electron chi connectivity index (χ2n) is 8.81. The third-order valence-electron chi connectivity index (χ3n) is 6.43. The van der Waals surface area contributed by atoms with Crippen LogP contribution in [0.4, 0.5) is 11.5 Å². The molecule has 0 aliphatic carbocycles. The van der Waals surface area contributed by atoms with Gasteiger partial charge in [-0.25, -0.2) is 4.98 Å². The number of unbranched alkanes of at least 4 members (excludes halogenated alkanes) is 1. The highest BCUT2D eigenvalue weighted by Gasteiger charge is 2.15. The van der Waals surface area contributed by atoms with Crippen molar-refractivity contribution < 1.29 is 0 Å². The Morgan fingerprint density at radius 1 is 1.34 bits per heavy atom. The molecule has 0 saturated carbocycles. The maximum Gasteiger partial charge on any atom is 0.128 e. The van der Waals surface area contributed by atoms with Crippen LogP contribution in [0.1, 0.15) is 70.4 Å². The van der Waals surface area contributed by atoms with Gasteiger partial charge in [0.2, 0.25) is 0 Å². The van der Waals surface area contributed by atoms with Crippen LogP contribution in [0.5, 0.6) is 0 Å². The van der Waals surface area contributed by atoms with Crippen molar-refractivity contribution in [2.24, 2.45) is 4.99 Å². The van der Waals surface area contributed by atoms with Crippen LogP contribution in [-0.2, 0) is 0 Å². The van der Waals surface area contributed by atoms with Crippen molar-refractivity contribution >= 4 is 22.8 Å². The fourth-order valence-corrected chi connectivity index (χ4v) is 3.97. The van der Waals surface area contributed by atoms with E-state index in [1.54, 1.807) is 0 Å². The Labute approximate surface area is 195 Å². The van der Waals surface area contributed by atoms with E-state index in [9.17, 15) is 0 Å². The van der Waals surface area contributed by atoms with Gasteiger partial charge in [0, 0.05) is 35.6 Å². The van der Waals surface area contributed by atoms with E-state index in [2.05, 4.69) is 60.9 Å². The molecule has 0 fully saturated rings. The summed E-state index contributed by atoms with van der Waals surface area (Å²) in [5, 5.41) is 3.61. The topological polar surface area (TPSA) is 66.5 Å². The summed E-state index contributed by atoms with van der Waals surface area (Å²) in [5.41, 5.74) is 12.1. The predicted molar refractivity (Wildman–Crippen MR) is 141 cm³/mol. The lowest BCUT2D eigenvalue weighted by molar-refractivity contribution is 0.216. The van der Waals surface area contributed by atoms with E-state index in [0.717, 1.165) is 59.6 Å². The van der Waals surface area contributed by atoms with E-state index in [1.165, 1.54) is 32.2 Å². The van der Waals surface area contributed by atoms with Crippen molar-refractivity contribution in [2.75, 3.05) is 32.4 Å². The maximum absolute atomic E-state index is 6.15. The van der Waals surface area contributed by atoms with Gasteiger partial charge in [-0.3, -0.25) is 4.99 Å². The quantitative estimate of drug-likeness (QED) is 0.501. The average molecular weight is 438 g/mol. The summed E-state index contributed by atoms with van der Waals surface area (Å²) in [4.78, 5) is 11.9. The van der Waals surface area contributed by atoms with Gasteiger partial charge in [0.25, 0.3) is 0 Å². The minimum Gasteiger partial charge on any atom is -0.383 e. The van der Waals surface area contributed by atoms with Crippen molar-refractivity contribution in [1.82, 2.24) is 15.2 Å². The number of nitrogens with zero attached hydrogens (tertiary/aromatic N) is 3. The number of hydrogen-bond acceptors (Lipinski definition) is 5. The molecule has 1 aromatic heterocycles. The first-order chi connectivity index (χ1) is 15.4. The van der Waals surface area contributed by atoms with E-state index in [1.807, 2.05) is 20.0 Å². The molecule has 0 amide bonds. The van der Waals surface area contributed by atoms with Crippen molar-refractivity contribution in [1.29, 1.82) is 0 Å². The Hall–Kier alpha value is -2.24. The van der Waals surface area contributed by atoms with Gasteiger partial charge in [0.05, 0.1) is 5.69 Å². The van der Waals surface area contributed by atoms with Crippen molar-refractivity contribution in [3.8, 4) is 0 Å². The molecule has 176 valence electrons. The smallest absolute Gasteiger partial charge is 0.128 e. The van der Waals surface area contributed by atoms with Gasteiger partial charge < -0.3 is 16.0 Å². The van der Waals surface area contributed by atoms with Crippen LogP contribution in [0.15, 0.2) is 41.6 Å². The number of pyridine rings is 1. The maximum atomic E-state index is 6.15. The van der Waals surface area contributed by atoms with Gasteiger partial charge in [0.1, 0.15) is 5.82 Å². The summed E-state index contributed by atoms with van der Waals surface area (Å²) in [6, 6.07) is 0.614. The number of rotatable bonds is 8. The van der Waals surface area contributed by atoms with Crippen LogP contribution in [-0.4, -0.2) is 48.3 Å². The van der Waals surface area contributed by atoms with Crippen LogP contribution >= 0.6 is 0 Å². The standard InChI is InChI=1S/C27H43N5/c1-7-9-18-32(6)24-13-11-10-12-23(14-16-29-17-15-24)25-19-30-27(28)21(4)26(25)31-22(5)20(3)8-2/h10,12,14,19,24,29H,3,7-9,11,13,15-18H2,1-2,4-6H3,(H2,28,30)/b12-10-,23-14+,31-22-. The molecule has 5 nitrogen and oxygen atoms in total. The van der Waals surface area contributed by atoms with Crippen molar-refractivity contribution in [3.05, 3.63) is 47.7 Å². The Bertz CT molecular complexity index is 850. The van der Waals surface area contributed by atoms with E-state index < -0.39 is 0 Å². The van der Waals surface area contributed by atoms with E-state index in [-0.39, 0.29) is 0 Å². The van der Waals surface area contributed by atoms with Gasteiger partial charge in [-0.15, -0.1) is 0 Å². The molecule has 1 aliphatic heterocycles. The number of nitrogens with one attached hydrogen (secondary N) is 1. The second-order valence-corrected chi connectivity index (χ2v) is 8.81. The van der Waals surface area contributed by atoms with Gasteiger partial charge >= 0.3 is 0 Å². The third kappa shape index (κ3) is 7.42. The fraction of sp³-hybridized carbons (Fsp3) is 0.556. The van der Waals surface area contributed by atoms with E-state index >= 15 is 0 Å². The summed E-state index contributed by atoms with van der Waals surface area (Å²) in [6.45, 7) is 15.5. The lowest BCUT2D eigenvalue weighted by atomic mass is 10.0. The van der Waals surface area contributed by atoms with Gasteiger partial charge in [0.15, 0.2) is 0 Å². The summed E-state index contributed by atoms with van der Waals surface area (Å²) in [7, 11) is 2.27. The summed E-state index contributed by atoms with van der Waals surface area (Å²) in [6.07, 6.45) is 15.4. The second kappa shape index (κ2) is 13.3. The Morgan fingerprint density at radius 3 is 2.84 bits per heavy atom. The molecule has 1 unspecified atom stereocenters. The minimum absolute atomic E-state index is 0.528. The lowest BCUT2D eigenvalue weighted by Gasteiger charge is -2.28. The Morgan fingerprint density at radius 2 is 2.12 bits per heavy atom. The number of hydrogen-bond donors (Lipinski definition) is 2. The number of anilines is 1. The molecule has 0 aromatic carbocycles. The van der Waals surface area contributed by atoms with Crippen molar-refractivity contribution in [2.45, 2.75) is 72.3 Å². The molecule has 2 rings (SSSR count). The molecular formula is C27H43N5. The molecule has 3 N–H and O–H groups in total. The third-order valence-corrected chi connectivity index (χ3v) is 6.43. The molecule has 32 heavy (non-hydrogen) atoms. The number of nitrogens with two attached hydrogens (primary N) is 1. The first-order valence-electron chi connectivity index (χ1n) is 12.2. The zero-order valence-corrected chi connectivity index (χ0v) is 20.9. The number of aliphatic imine (C=N–C) groups is 1. The molecular weight excluding hydrogens is 394 g/mol. The number of allylic oxidation sites excluding steroid dienone is 4. The molecule has 1 atom stereocenters. The van der Waals surface area contributed by atoms with Crippen LogP contribution in [0.2, 0.25) is 0 Å². The molecule has 0 radical (unpaired) electrons. The molecule has 2 heterocycles. The molecule has 5 heteroatoms. The number of nitrogen functional groups attached to an aromatic ring is 1. The molecule has 0 spiro atoms. The van der Waals surface area contributed by atoms with Crippen LogP contribution in [0, 0.1) is 6.92 Å². The zero-order valence-electron chi connectivity index (χ0n) is 20.9. The first-order valence-corrected chi connectivity index (χ1v) is 12.2. The summed E-state index contributed by atoms with van der Waals surface area (Å²) < 4.78 is 0. The Balaban J connectivity index is 2.32. The molecule has 0 bridgehead atoms. The fourth-order valence-electron chi connectivity index (χ4n) is 3.97.